The number of anilines is 2. The lowest BCUT2D eigenvalue weighted by molar-refractivity contribution is -0.121. The normalized spacial score (nSPS) is 13.4. The van der Waals surface area contributed by atoms with Crippen molar-refractivity contribution < 1.29 is 27.8 Å². The largest absolute Gasteiger partial charge is 0.453 e. The van der Waals surface area contributed by atoms with Crippen molar-refractivity contribution in [3.63, 3.8) is 0 Å². The van der Waals surface area contributed by atoms with Gasteiger partial charge >= 0.3 is 0 Å². The van der Waals surface area contributed by atoms with Gasteiger partial charge in [-0.15, -0.1) is 11.3 Å². The van der Waals surface area contributed by atoms with Crippen LogP contribution in [-0.4, -0.2) is 48.6 Å². The van der Waals surface area contributed by atoms with E-state index in [0.717, 1.165) is 40.3 Å². The average Bonchev–Trinajstić information content (AvgIpc) is 3.65. The predicted molar refractivity (Wildman–Crippen MR) is 181 cm³/mol. The average molecular weight is 672 g/mol. The summed E-state index contributed by atoms with van der Waals surface area (Å²) in [7, 11) is 1.68. The Morgan fingerprint density at radius 3 is 2.44 bits per heavy atom. The molecule has 2 aromatic carbocycles. The fourth-order valence-corrected chi connectivity index (χ4v) is 6.63. The molecule has 9 nitrogen and oxygen atoms in total. The number of hydrogen-bond donors (Lipinski definition) is 2. The number of nitrogens with two attached hydrogens (primary N) is 1. The third kappa shape index (κ3) is 7.84. The predicted octanol–water partition coefficient (Wildman–Crippen LogP) is 6.92. The van der Waals surface area contributed by atoms with Crippen LogP contribution in [0.3, 0.4) is 0 Å². The zero-order chi connectivity index (χ0) is 33.7. The van der Waals surface area contributed by atoms with E-state index >= 15 is 4.39 Å². The summed E-state index contributed by atoms with van der Waals surface area (Å²) in [6.07, 6.45) is 5.84. The van der Waals surface area contributed by atoms with E-state index in [4.69, 9.17) is 15.2 Å². The Morgan fingerprint density at radius 2 is 1.75 bits per heavy atom. The molecule has 6 rings (SSSR count). The van der Waals surface area contributed by atoms with Crippen molar-refractivity contribution in [1.29, 1.82) is 0 Å². The number of thiophene rings is 1. The third-order valence-corrected chi connectivity index (χ3v) is 9.45. The number of methoxy groups -OCH3 is 1. The van der Waals surface area contributed by atoms with E-state index < -0.39 is 23.0 Å². The summed E-state index contributed by atoms with van der Waals surface area (Å²) < 4.78 is 41.3. The lowest BCUT2D eigenvalue weighted by Crippen LogP contribution is -2.30. The quantitative estimate of drug-likeness (QED) is 0.116. The van der Waals surface area contributed by atoms with Crippen LogP contribution in [0.25, 0.3) is 20.8 Å². The van der Waals surface area contributed by atoms with Crippen LogP contribution in [0.2, 0.25) is 0 Å². The topological polar surface area (TPSA) is 120 Å². The molecule has 1 aliphatic carbocycles. The van der Waals surface area contributed by atoms with Gasteiger partial charge in [-0.3, -0.25) is 24.5 Å². The van der Waals surface area contributed by atoms with Crippen molar-refractivity contribution in [3.8, 4) is 22.1 Å². The molecular weight excluding hydrogens is 636 g/mol. The molecule has 1 saturated carbocycles. The summed E-state index contributed by atoms with van der Waals surface area (Å²) in [5, 5.41) is 3.32. The number of ether oxygens (including phenoxy) is 2. The van der Waals surface area contributed by atoms with E-state index in [9.17, 15) is 14.0 Å². The number of primary amides is 1. The van der Waals surface area contributed by atoms with Gasteiger partial charge in [-0.2, -0.15) is 0 Å². The monoisotopic (exact) mass is 671 g/mol. The minimum atomic E-state index is -0.693. The molecule has 0 spiro atoms. The Kier molecular flexibility index (Phi) is 10.0. The van der Waals surface area contributed by atoms with Crippen molar-refractivity contribution in [2.45, 2.75) is 32.1 Å². The van der Waals surface area contributed by atoms with Gasteiger partial charge in [-0.25, -0.2) is 8.78 Å². The lowest BCUT2D eigenvalue weighted by Gasteiger charge is -2.25. The van der Waals surface area contributed by atoms with E-state index in [-0.39, 0.29) is 30.2 Å². The smallest absolute Gasteiger partial charge is 0.232 e. The zero-order valence-electron chi connectivity index (χ0n) is 26.4. The molecule has 2 amide bonds. The number of amides is 2. The Hall–Kier alpha value is -4.78. The zero-order valence-corrected chi connectivity index (χ0v) is 27.2. The van der Waals surface area contributed by atoms with Crippen LogP contribution in [0.15, 0.2) is 79.1 Å². The van der Waals surface area contributed by atoms with Crippen LogP contribution in [-0.2, 0) is 20.7 Å². The van der Waals surface area contributed by atoms with Crippen LogP contribution < -0.4 is 20.7 Å². The fourth-order valence-electron chi connectivity index (χ4n) is 5.59. The summed E-state index contributed by atoms with van der Waals surface area (Å²) in [5.74, 6) is -1.60. The lowest BCUT2D eigenvalue weighted by atomic mass is 9.96. The van der Waals surface area contributed by atoms with Gasteiger partial charge in [0.15, 0.2) is 11.6 Å². The highest BCUT2D eigenvalue weighted by molar-refractivity contribution is 7.22. The Balaban J connectivity index is 1.21. The van der Waals surface area contributed by atoms with Gasteiger partial charge in [0.25, 0.3) is 0 Å². The summed E-state index contributed by atoms with van der Waals surface area (Å²) in [6.45, 7) is 2.29. The van der Waals surface area contributed by atoms with Gasteiger partial charge in [-0.1, -0.05) is 6.07 Å². The number of carbonyl (C=O) groups excluding carboxylic acids is 2. The van der Waals surface area contributed by atoms with Gasteiger partial charge in [0.05, 0.1) is 33.1 Å². The maximum absolute atomic E-state index is 15.7. The number of rotatable bonds is 15. The van der Waals surface area contributed by atoms with Crippen molar-refractivity contribution in [2.24, 2.45) is 11.1 Å². The number of hydrogen-bond acceptors (Lipinski definition) is 8. The molecule has 3 aromatic heterocycles. The first-order chi connectivity index (χ1) is 23.2. The van der Waals surface area contributed by atoms with Gasteiger partial charge < -0.3 is 20.5 Å². The second kappa shape index (κ2) is 14.5. The Morgan fingerprint density at radius 1 is 0.958 bits per heavy atom. The molecule has 12 heteroatoms. The van der Waals surface area contributed by atoms with Crippen LogP contribution in [0, 0.1) is 17.0 Å². The molecule has 0 aliphatic heterocycles. The first kappa shape index (κ1) is 33.1. The van der Waals surface area contributed by atoms with Crippen LogP contribution in [0.4, 0.5) is 20.2 Å². The summed E-state index contributed by atoms with van der Waals surface area (Å²) in [5.41, 5.74) is 8.13. The van der Waals surface area contributed by atoms with E-state index in [2.05, 4.69) is 21.4 Å². The first-order valence-electron chi connectivity index (χ1n) is 15.6. The summed E-state index contributed by atoms with van der Waals surface area (Å²) in [6, 6.07) is 17.2. The van der Waals surface area contributed by atoms with Gasteiger partial charge in [-0.05, 0) is 85.3 Å². The molecular formula is C36H35F2N5O4S. The molecule has 248 valence electrons. The van der Waals surface area contributed by atoms with Crippen LogP contribution >= 0.6 is 11.3 Å². The molecule has 0 saturated heterocycles. The molecule has 48 heavy (non-hydrogen) atoms. The van der Waals surface area contributed by atoms with Crippen molar-refractivity contribution >= 4 is 44.7 Å². The van der Waals surface area contributed by atoms with Crippen molar-refractivity contribution in [1.82, 2.24) is 15.3 Å². The van der Waals surface area contributed by atoms with E-state index in [0.29, 0.717) is 36.4 Å². The van der Waals surface area contributed by atoms with Crippen molar-refractivity contribution in [3.05, 3.63) is 96.3 Å². The molecule has 3 N–H and O–H groups in total. The number of aromatic nitrogens is 2. The number of nitrogens with zero attached hydrogens (tertiary/aromatic N) is 3. The number of benzene rings is 2. The fraction of sp³-hybridized carbons (Fsp3) is 0.278. The second-order valence-electron chi connectivity index (χ2n) is 11.9. The minimum Gasteiger partial charge on any atom is -0.453 e. The van der Waals surface area contributed by atoms with Gasteiger partial charge in [0, 0.05) is 56.7 Å². The van der Waals surface area contributed by atoms with Gasteiger partial charge in [0.1, 0.15) is 11.6 Å². The highest BCUT2D eigenvalue weighted by atomic mass is 32.1. The highest BCUT2D eigenvalue weighted by Crippen LogP contribution is 2.52. The Labute approximate surface area is 280 Å². The van der Waals surface area contributed by atoms with E-state index in [1.807, 2.05) is 18.3 Å². The van der Waals surface area contributed by atoms with Crippen molar-refractivity contribution in [2.75, 3.05) is 31.7 Å². The number of carbonyl (C=O) groups is 2. The van der Waals surface area contributed by atoms with E-state index in [1.54, 1.807) is 25.4 Å². The summed E-state index contributed by atoms with van der Waals surface area (Å²) in [4.78, 5) is 36.6. The standard InChI is InChI=1S/C36H35F2N5O4S/c1-46-17-16-40-14-10-23-2-8-28(42-22-23)32-19-29-35(48-32)31(11-15-41-29)47-30-9-7-26(18-27(30)38)43(25-5-3-24(37)4-6-25)34(45)21-36(12-13-36)20-33(39)44/h2-9,11,15,18-19,22,40H,10,12-14,16-17,20-21H2,1H3,(H2,39,44). The van der Waals surface area contributed by atoms with Crippen LogP contribution in [0.1, 0.15) is 31.2 Å². The first-order valence-corrected chi connectivity index (χ1v) is 16.4. The molecule has 1 aliphatic rings. The SMILES string of the molecule is COCCNCCc1ccc(-c2cc3nccc(Oc4ccc(N(C(=O)CC5(CC(N)=O)CC5)c5ccc(F)cc5)cc4F)c3s2)nc1. The number of nitrogens with one attached hydrogen (secondary N) is 1. The molecule has 5 aromatic rings. The maximum atomic E-state index is 15.7. The highest BCUT2D eigenvalue weighted by Gasteiger charge is 2.46. The molecule has 0 atom stereocenters. The molecule has 3 heterocycles. The number of pyridine rings is 2. The van der Waals surface area contributed by atoms with Crippen LogP contribution in [0.5, 0.6) is 11.5 Å². The number of halogens is 2. The second-order valence-corrected chi connectivity index (χ2v) is 13.0. The molecule has 0 unspecified atom stereocenters. The summed E-state index contributed by atoms with van der Waals surface area (Å²) >= 11 is 1.45. The number of fused-ring (bicyclic) bond motifs is 1. The molecule has 1 fully saturated rings. The maximum Gasteiger partial charge on any atom is 0.232 e. The minimum absolute atomic E-state index is 0.0401. The third-order valence-electron chi connectivity index (χ3n) is 8.29. The Bertz CT molecular complexity index is 1910. The molecule has 0 radical (unpaired) electrons. The van der Waals surface area contributed by atoms with E-state index in [1.165, 1.54) is 52.6 Å². The molecule has 0 bridgehead atoms. The van der Waals surface area contributed by atoms with Gasteiger partial charge in [0.2, 0.25) is 11.8 Å².